The highest BCUT2D eigenvalue weighted by molar-refractivity contribution is 5.45. The van der Waals surface area contributed by atoms with E-state index in [0.29, 0.717) is 17.7 Å². The first kappa shape index (κ1) is 14.6. The van der Waals surface area contributed by atoms with Crippen LogP contribution in [0.1, 0.15) is 23.7 Å². The van der Waals surface area contributed by atoms with Gasteiger partial charge in [0.2, 0.25) is 0 Å². The molecule has 0 aliphatic heterocycles. The lowest BCUT2D eigenvalue weighted by Gasteiger charge is -2.15. The second-order valence-corrected chi connectivity index (χ2v) is 4.93. The predicted octanol–water partition coefficient (Wildman–Crippen LogP) is 3.09. The van der Waals surface area contributed by atoms with Crippen LogP contribution in [0.25, 0.3) is 5.69 Å². The zero-order valence-electron chi connectivity index (χ0n) is 11.3. The van der Waals surface area contributed by atoms with Crippen LogP contribution in [0.15, 0.2) is 30.5 Å². The second-order valence-electron chi connectivity index (χ2n) is 4.93. The zero-order chi connectivity index (χ0) is 14.9. The number of nitrogens with zero attached hydrogens (tertiary/aromatic N) is 2. The van der Waals surface area contributed by atoms with Crippen molar-refractivity contribution in [3.63, 3.8) is 0 Å². The summed E-state index contributed by atoms with van der Waals surface area (Å²) >= 11 is 0. The van der Waals surface area contributed by atoms with Gasteiger partial charge in [0.1, 0.15) is 0 Å². The lowest BCUT2D eigenvalue weighted by Crippen LogP contribution is -2.19. The minimum atomic E-state index is -4.43. The van der Waals surface area contributed by atoms with Gasteiger partial charge in [0.15, 0.2) is 0 Å². The average Bonchev–Trinajstić information content (AvgIpc) is 2.74. The van der Waals surface area contributed by atoms with Gasteiger partial charge < -0.3 is 5.73 Å². The first-order chi connectivity index (χ1) is 9.27. The molecule has 0 fully saturated rings. The van der Waals surface area contributed by atoms with E-state index in [1.54, 1.807) is 26.0 Å². The molecule has 1 atom stereocenters. The van der Waals surface area contributed by atoms with Gasteiger partial charge in [-0.1, -0.05) is 6.07 Å². The average molecular weight is 283 g/mol. The maximum absolute atomic E-state index is 13.2. The number of alkyl halides is 3. The molecule has 108 valence electrons. The summed E-state index contributed by atoms with van der Waals surface area (Å²) in [6, 6.07) is 5.72. The predicted molar refractivity (Wildman–Crippen MR) is 70.7 cm³/mol. The van der Waals surface area contributed by atoms with Crippen LogP contribution in [0.4, 0.5) is 13.2 Å². The van der Waals surface area contributed by atoms with Crippen LogP contribution >= 0.6 is 0 Å². The minimum absolute atomic E-state index is 0.0269. The highest BCUT2D eigenvalue weighted by Gasteiger charge is 2.34. The molecule has 3 nitrogen and oxygen atoms in total. The van der Waals surface area contributed by atoms with Crippen molar-refractivity contribution < 1.29 is 13.2 Å². The van der Waals surface area contributed by atoms with Crippen LogP contribution in [0.5, 0.6) is 0 Å². The Hall–Kier alpha value is -1.82. The summed E-state index contributed by atoms with van der Waals surface area (Å²) in [5, 5.41) is 4.04. The van der Waals surface area contributed by atoms with Crippen LogP contribution in [0.3, 0.4) is 0 Å². The van der Waals surface area contributed by atoms with Crippen LogP contribution in [0, 0.1) is 6.92 Å². The van der Waals surface area contributed by atoms with E-state index < -0.39 is 11.7 Å². The topological polar surface area (TPSA) is 43.8 Å². The monoisotopic (exact) mass is 283 g/mol. The Morgan fingerprint density at radius 1 is 1.30 bits per heavy atom. The Labute approximate surface area is 115 Å². The van der Waals surface area contributed by atoms with Crippen LogP contribution in [0.2, 0.25) is 0 Å². The van der Waals surface area contributed by atoms with Gasteiger partial charge in [0.25, 0.3) is 0 Å². The van der Waals surface area contributed by atoms with Gasteiger partial charge >= 0.3 is 6.18 Å². The Morgan fingerprint density at radius 3 is 2.50 bits per heavy atom. The second kappa shape index (κ2) is 5.28. The zero-order valence-corrected chi connectivity index (χ0v) is 11.3. The number of rotatable bonds is 3. The first-order valence-electron chi connectivity index (χ1n) is 6.25. The molecule has 0 radical (unpaired) electrons. The Kier molecular flexibility index (Phi) is 3.85. The summed E-state index contributed by atoms with van der Waals surface area (Å²) in [6.45, 7) is 3.49. The smallest absolute Gasteiger partial charge is 0.328 e. The van der Waals surface area contributed by atoms with Gasteiger partial charge in [-0.25, -0.2) is 4.68 Å². The first-order valence-corrected chi connectivity index (χ1v) is 6.25. The van der Waals surface area contributed by atoms with E-state index in [9.17, 15) is 13.2 Å². The van der Waals surface area contributed by atoms with Crippen LogP contribution in [-0.2, 0) is 12.6 Å². The minimum Gasteiger partial charge on any atom is -0.328 e. The van der Waals surface area contributed by atoms with E-state index >= 15 is 0 Å². The lowest BCUT2D eigenvalue weighted by molar-refractivity contribution is -0.137. The molecule has 20 heavy (non-hydrogen) atoms. The summed E-state index contributed by atoms with van der Waals surface area (Å²) in [5.41, 5.74) is 6.20. The fourth-order valence-electron chi connectivity index (χ4n) is 2.06. The summed E-state index contributed by atoms with van der Waals surface area (Å²) in [7, 11) is 0. The third-order valence-electron chi connectivity index (χ3n) is 2.89. The van der Waals surface area contributed by atoms with E-state index in [2.05, 4.69) is 5.10 Å². The molecule has 1 heterocycles. The fourth-order valence-corrected chi connectivity index (χ4v) is 2.06. The van der Waals surface area contributed by atoms with Gasteiger partial charge in [-0.2, -0.15) is 18.3 Å². The van der Waals surface area contributed by atoms with Crippen LogP contribution in [-0.4, -0.2) is 15.8 Å². The number of hydrogen-bond acceptors (Lipinski definition) is 2. The van der Waals surface area contributed by atoms with Crippen molar-refractivity contribution in [2.75, 3.05) is 0 Å². The van der Waals surface area contributed by atoms with E-state index in [-0.39, 0.29) is 11.7 Å². The summed E-state index contributed by atoms with van der Waals surface area (Å²) in [4.78, 5) is 0. The van der Waals surface area contributed by atoms with Crippen molar-refractivity contribution >= 4 is 0 Å². The quantitative estimate of drug-likeness (QED) is 0.940. The van der Waals surface area contributed by atoms with E-state index in [1.807, 2.05) is 0 Å². The third kappa shape index (κ3) is 3.19. The maximum atomic E-state index is 13.2. The molecule has 1 aromatic heterocycles. The highest BCUT2D eigenvalue weighted by Crippen LogP contribution is 2.34. The largest absolute Gasteiger partial charge is 0.418 e. The van der Waals surface area contributed by atoms with Gasteiger partial charge in [-0.15, -0.1) is 0 Å². The number of halogens is 3. The number of benzene rings is 1. The van der Waals surface area contributed by atoms with Crippen molar-refractivity contribution in [3.05, 3.63) is 47.3 Å². The molecule has 2 N–H and O–H groups in total. The molecule has 2 rings (SSSR count). The summed E-state index contributed by atoms with van der Waals surface area (Å²) < 4.78 is 40.8. The molecule has 0 spiro atoms. The molecule has 1 aromatic carbocycles. The summed E-state index contributed by atoms with van der Waals surface area (Å²) in [5.74, 6) is 0. The normalized spacial score (nSPS) is 13.5. The third-order valence-corrected chi connectivity index (χ3v) is 2.89. The van der Waals surface area contributed by atoms with Crippen molar-refractivity contribution in [1.29, 1.82) is 0 Å². The van der Waals surface area contributed by atoms with E-state index in [4.69, 9.17) is 5.73 Å². The molecular weight excluding hydrogens is 267 g/mol. The highest BCUT2D eigenvalue weighted by atomic mass is 19.4. The van der Waals surface area contributed by atoms with Crippen molar-refractivity contribution in [2.45, 2.75) is 32.5 Å². The molecule has 6 heteroatoms. The molecule has 0 aliphatic carbocycles. The number of hydrogen-bond donors (Lipinski definition) is 1. The molecule has 1 unspecified atom stereocenters. The fraction of sp³-hybridized carbons (Fsp3) is 0.357. The Bertz CT molecular complexity index is 600. The SMILES string of the molecule is Cc1ccn(-c2ccc(CC(C)N)cc2C(F)(F)F)n1. The standard InChI is InChI=1S/C14H16F3N3/c1-9(18)7-11-3-4-13(12(8-11)14(15,16)17)20-6-5-10(2)19-20/h3-6,8-9H,7,18H2,1-2H3. The van der Waals surface area contributed by atoms with Gasteiger partial charge in [0.05, 0.1) is 16.9 Å². The van der Waals surface area contributed by atoms with E-state index in [0.717, 1.165) is 6.07 Å². The van der Waals surface area contributed by atoms with Crippen LogP contribution < -0.4 is 5.73 Å². The van der Waals surface area contributed by atoms with Gasteiger partial charge in [-0.3, -0.25) is 0 Å². The van der Waals surface area contributed by atoms with Gasteiger partial charge in [0, 0.05) is 12.2 Å². The molecule has 2 aromatic rings. The molecule has 0 bridgehead atoms. The maximum Gasteiger partial charge on any atom is 0.418 e. The lowest BCUT2D eigenvalue weighted by atomic mass is 10.0. The number of aromatic nitrogens is 2. The number of nitrogens with two attached hydrogens (primary N) is 1. The molecule has 0 saturated carbocycles. The Morgan fingerprint density at radius 2 is 2.00 bits per heavy atom. The molecular formula is C14H16F3N3. The molecule has 0 amide bonds. The van der Waals surface area contributed by atoms with Crippen molar-refractivity contribution in [1.82, 2.24) is 9.78 Å². The van der Waals surface area contributed by atoms with E-state index in [1.165, 1.54) is 16.9 Å². The van der Waals surface area contributed by atoms with Crippen molar-refractivity contribution in [2.24, 2.45) is 5.73 Å². The number of aryl methyl sites for hydroxylation is 1. The van der Waals surface area contributed by atoms with Gasteiger partial charge in [-0.05, 0) is 44.0 Å². The summed E-state index contributed by atoms with van der Waals surface area (Å²) in [6.07, 6.45) is -2.50. The Balaban J connectivity index is 2.51. The molecule has 0 saturated heterocycles. The van der Waals surface area contributed by atoms with Crippen molar-refractivity contribution in [3.8, 4) is 5.69 Å². The molecule has 0 aliphatic rings.